The molecule has 1 N–H and O–H groups in total. The molecule has 23 heavy (non-hydrogen) atoms. The molecule has 122 valence electrons. The summed E-state index contributed by atoms with van der Waals surface area (Å²) < 4.78 is 1.54. The summed E-state index contributed by atoms with van der Waals surface area (Å²) >= 11 is 0. The summed E-state index contributed by atoms with van der Waals surface area (Å²) in [4.78, 5) is 14.8. The lowest BCUT2D eigenvalue weighted by Gasteiger charge is -2.20. The molecule has 1 atom stereocenters. The molecule has 1 amide bonds. The van der Waals surface area contributed by atoms with E-state index in [0.29, 0.717) is 17.5 Å². The third-order valence-corrected chi connectivity index (χ3v) is 4.32. The largest absolute Gasteiger partial charge is 0.352 e. The SMILES string of the molecule is CC(C)N1CC[C@@H](CNC(=O)c2cccc(-n3cnnn3)c2)C1. The summed E-state index contributed by atoms with van der Waals surface area (Å²) in [5.41, 5.74) is 1.39. The van der Waals surface area contributed by atoms with Gasteiger partial charge in [-0.05, 0) is 61.4 Å². The lowest BCUT2D eigenvalue weighted by molar-refractivity contribution is 0.0947. The summed E-state index contributed by atoms with van der Waals surface area (Å²) in [6, 6.07) is 7.87. The third-order valence-electron chi connectivity index (χ3n) is 4.32. The van der Waals surface area contributed by atoms with Crippen molar-refractivity contribution in [2.45, 2.75) is 26.3 Å². The lowest BCUT2D eigenvalue weighted by Crippen LogP contribution is -2.33. The van der Waals surface area contributed by atoms with E-state index in [2.05, 4.69) is 39.6 Å². The van der Waals surface area contributed by atoms with Crippen LogP contribution in [-0.4, -0.2) is 56.7 Å². The van der Waals surface area contributed by atoms with E-state index in [9.17, 15) is 4.79 Å². The minimum atomic E-state index is -0.0529. The van der Waals surface area contributed by atoms with E-state index in [-0.39, 0.29) is 5.91 Å². The summed E-state index contributed by atoms with van der Waals surface area (Å²) in [6.45, 7) is 7.32. The van der Waals surface area contributed by atoms with Gasteiger partial charge in [0.15, 0.2) is 0 Å². The highest BCUT2D eigenvalue weighted by molar-refractivity contribution is 5.94. The number of carbonyl (C=O) groups excluding carboxylic acids is 1. The molecular weight excluding hydrogens is 292 g/mol. The minimum Gasteiger partial charge on any atom is -0.352 e. The maximum atomic E-state index is 12.4. The van der Waals surface area contributed by atoms with Crippen molar-refractivity contribution >= 4 is 5.91 Å². The van der Waals surface area contributed by atoms with Gasteiger partial charge in [-0.3, -0.25) is 4.79 Å². The number of nitrogens with one attached hydrogen (secondary N) is 1. The summed E-state index contributed by atoms with van der Waals surface area (Å²) in [5.74, 6) is 0.479. The third kappa shape index (κ3) is 3.73. The molecule has 3 rings (SSSR count). The normalized spacial score (nSPS) is 18.5. The number of hydrogen-bond donors (Lipinski definition) is 1. The van der Waals surface area contributed by atoms with Crippen molar-refractivity contribution in [3.05, 3.63) is 36.2 Å². The average molecular weight is 314 g/mol. The topological polar surface area (TPSA) is 75.9 Å². The van der Waals surface area contributed by atoms with Crippen LogP contribution >= 0.6 is 0 Å². The van der Waals surface area contributed by atoms with Gasteiger partial charge in [-0.1, -0.05) is 6.07 Å². The monoisotopic (exact) mass is 314 g/mol. The number of hydrogen-bond acceptors (Lipinski definition) is 5. The quantitative estimate of drug-likeness (QED) is 0.895. The molecule has 1 aliphatic rings. The maximum absolute atomic E-state index is 12.4. The van der Waals surface area contributed by atoms with Gasteiger partial charge in [0.2, 0.25) is 0 Å². The van der Waals surface area contributed by atoms with Gasteiger partial charge in [0.25, 0.3) is 5.91 Å². The van der Waals surface area contributed by atoms with E-state index >= 15 is 0 Å². The smallest absolute Gasteiger partial charge is 0.251 e. The molecule has 0 radical (unpaired) electrons. The van der Waals surface area contributed by atoms with Crippen molar-refractivity contribution in [3.63, 3.8) is 0 Å². The van der Waals surface area contributed by atoms with Gasteiger partial charge < -0.3 is 10.2 Å². The fourth-order valence-corrected chi connectivity index (χ4v) is 2.91. The highest BCUT2D eigenvalue weighted by Gasteiger charge is 2.24. The minimum absolute atomic E-state index is 0.0529. The molecule has 1 aromatic carbocycles. The molecule has 7 nitrogen and oxygen atoms in total. The van der Waals surface area contributed by atoms with Crippen LogP contribution in [0.5, 0.6) is 0 Å². The number of carbonyl (C=O) groups is 1. The summed E-state index contributed by atoms with van der Waals surface area (Å²) in [7, 11) is 0. The summed E-state index contributed by atoms with van der Waals surface area (Å²) in [6.07, 6.45) is 2.65. The average Bonchev–Trinajstić information content (AvgIpc) is 3.24. The Hall–Kier alpha value is -2.28. The van der Waals surface area contributed by atoms with E-state index < -0.39 is 0 Å². The van der Waals surface area contributed by atoms with Crippen LogP contribution in [-0.2, 0) is 0 Å². The fraction of sp³-hybridized carbons (Fsp3) is 0.500. The van der Waals surface area contributed by atoms with Crippen molar-refractivity contribution in [3.8, 4) is 5.69 Å². The molecule has 7 heteroatoms. The van der Waals surface area contributed by atoms with Crippen LogP contribution in [0.1, 0.15) is 30.6 Å². The zero-order valence-corrected chi connectivity index (χ0v) is 13.5. The van der Waals surface area contributed by atoms with Crippen molar-refractivity contribution < 1.29 is 4.79 Å². The molecule has 0 unspecified atom stereocenters. The van der Waals surface area contributed by atoms with E-state index in [0.717, 1.165) is 31.7 Å². The van der Waals surface area contributed by atoms with Crippen LogP contribution in [0.15, 0.2) is 30.6 Å². The van der Waals surface area contributed by atoms with Gasteiger partial charge in [-0.15, -0.1) is 5.10 Å². The Bertz CT molecular complexity index is 654. The van der Waals surface area contributed by atoms with Crippen LogP contribution in [0.4, 0.5) is 0 Å². The van der Waals surface area contributed by atoms with Gasteiger partial charge in [-0.2, -0.15) is 0 Å². The van der Waals surface area contributed by atoms with E-state index in [4.69, 9.17) is 0 Å². The standard InChI is InChI=1S/C16H22N6O/c1-12(2)21-7-6-13(10-21)9-17-16(23)14-4-3-5-15(8-14)22-11-18-19-20-22/h3-5,8,11-13H,6-7,9-10H2,1-2H3,(H,17,23)/t13-/m0/s1. The van der Waals surface area contributed by atoms with Gasteiger partial charge in [0.05, 0.1) is 5.69 Å². The molecule has 1 fully saturated rings. The second-order valence-electron chi connectivity index (χ2n) is 6.26. The maximum Gasteiger partial charge on any atom is 0.251 e. The first kappa shape index (κ1) is 15.6. The number of tetrazole rings is 1. The van der Waals surface area contributed by atoms with E-state index in [1.54, 1.807) is 12.1 Å². The molecule has 2 heterocycles. The Labute approximate surface area is 135 Å². The number of rotatable bonds is 5. The highest BCUT2D eigenvalue weighted by atomic mass is 16.1. The number of likely N-dealkylation sites (tertiary alicyclic amines) is 1. The molecule has 2 aromatic rings. The molecule has 1 aromatic heterocycles. The van der Waals surface area contributed by atoms with Crippen LogP contribution < -0.4 is 5.32 Å². The first-order chi connectivity index (χ1) is 11.1. The van der Waals surface area contributed by atoms with Crippen molar-refractivity contribution in [1.29, 1.82) is 0 Å². The lowest BCUT2D eigenvalue weighted by atomic mass is 10.1. The zero-order valence-electron chi connectivity index (χ0n) is 13.5. The molecule has 0 spiro atoms. The van der Waals surface area contributed by atoms with E-state index in [1.165, 1.54) is 11.0 Å². The van der Waals surface area contributed by atoms with Gasteiger partial charge in [0.1, 0.15) is 6.33 Å². The fourth-order valence-electron chi connectivity index (χ4n) is 2.91. The Morgan fingerprint density at radius 2 is 2.30 bits per heavy atom. The molecule has 0 aliphatic carbocycles. The predicted octanol–water partition coefficient (Wildman–Crippen LogP) is 1.12. The molecule has 1 saturated heterocycles. The first-order valence-corrected chi connectivity index (χ1v) is 7.99. The Kier molecular flexibility index (Phi) is 4.66. The first-order valence-electron chi connectivity index (χ1n) is 7.99. The van der Waals surface area contributed by atoms with Gasteiger partial charge >= 0.3 is 0 Å². The number of amides is 1. The van der Waals surface area contributed by atoms with Gasteiger partial charge in [0, 0.05) is 24.7 Å². The van der Waals surface area contributed by atoms with Crippen LogP contribution in [0.25, 0.3) is 5.69 Å². The van der Waals surface area contributed by atoms with Crippen molar-refractivity contribution in [1.82, 2.24) is 30.4 Å². The second kappa shape index (κ2) is 6.87. The molecular formula is C16H22N6O. The molecule has 0 saturated carbocycles. The van der Waals surface area contributed by atoms with Crippen LogP contribution in [0, 0.1) is 5.92 Å². The molecule has 1 aliphatic heterocycles. The highest BCUT2D eigenvalue weighted by Crippen LogP contribution is 2.18. The second-order valence-corrected chi connectivity index (χ2v) is 6.26. The van der Waals surface area contributed by atoms with Gasteiger partial charge in [-0.25, -0.2) is 4.68 Å². The number of benzene rings is 1. The summed E-state index contributed by atoms with van der Waals surface area (Å²) in [5, 5.41) is 14.1. The van der Waals surface area contributed by atoms with Crippen molar-refractivity contribution in [2.24, 2.45) is 5.92 Å². The van der Waals surface area contributed by atoms with Crippen LogP contribution in [0.2, 0.25) is 0 Å². The predicted molar refractivity (Wildman–Crippen MR) is 86.3 cm³/mol. The molecule has 0 bridgehead atoms. The Morgan fingerprint density at radius 3 is 3.00 bits per heavy atom. The zero-order chi connectivity index (χ0) is 16.2. The Balaban J connectivity index is 1.58. The van der Waals surface area contributed by atoms with Crippen LogP contribution in [0.3, 0.4) is 0 Å². The van der Waals surface area contributed by atoms with E-state index in [1.807, 2.05) is 12.1 Å². The van der Waals surface area contributed by atoms with Crippen molar-refractivity contribution in [2.75, 3.05) is 19.6 Å². The number of nitrogens with zero attached hydrogens (tertiary/aromatic N) is 5. The Morgan fingerprint density at radius 1 is 1.43 bits per heavy atom. The number of aromatic nitrogens is 4.